The van der Waals surface area contributed by atoms with Gasteiger partial charge in [0.05, 0.1) is 6.07 Å². The number of rotatable bonds is 3. The van der Waals surface area contributed by atoms with Gasteiger partial charge in [-0.15, -0.1) is 0 Å². The lowest BCUT2D eigenvalue weighted by atomic mass is 10.2. The largest absolute Gasteiger partial charge is 0.299 e. The molecule has 0 saturated carbocycles. The first-order valence-electron chi connectivity index (χ1n) is 4.98. The predicted octanol–water partition coefficient (Wildman–Crippen LogP) is 2.12. The van der Waals surface area contributed by atoms with E-state index < -0.39 is 0 Å². The molecule has 2 nitrogen and oxygen atoms in total. The van der Waals surface area contributed by atoms with E-state index in [-0.39, 0.29) is 0 Å². The van der Waals surface area contributed by atoms with Crippen LogP contribution < -0.4 is 0 Å². The lowest BCUT2D eigenvalue weighted by Gasteiger charge is -2.37. The molecule has 1 aliphatic rings. The van der Waals surface area contributed by atoms with Gasteiger partial charge >= 0.3 is 0 Å². The van der Waals surface area contributed by atoms with Crippen LogP contribution in [0.1, 0.15) is 26.7 Å². The lowest BCUT2D eigenvalue weighted by Crippen LogP contribution is -2.44. The fourth-order valence-electron chi connectivity index (χ4n) is 1.67. The van der Waals surface area contributed by atoms with Crippen molar-refractivity contribution in [3.8, 4) is 6.07 Å². The summed E-state index contributed by atoms with van der Waals surface area (Å²) in [4.78, 5) is 2.51. The van der Waals surface area contributed by atoms with Gasteiger partial charge in [-0.25, -0.2) is 0 Å². The second-order valence-electron chi connectivity index (χ2n) is 3.61. The molecule has 13 heavy (non-hydrogen) atoms. The van der Waals surface area contributed by atoms with Gasteiger partial charge in [-0.05, 0) is 19.9 Å². The second-order valence-corrected chi connectivity index (χ2v) is 5.10. The molecular weight excluding hydrogens is 180 g/mol. The van der Waals surface area contributed by atoms with Crippen LogP contribution in [-0.2, 0) is 0 Å². The van der Waals surface area contributed by atoms with Gasteiger partial charge in [0.25, 0.3) is 0 Å². The van der Waals surface area contributed by atoms with Crippen molar-refractivity contribution in [1.82, 2.24) is 4.90 Å². The van der Waals surface area contributed by atoms with Crippen LogP contribution in [0.2, 0.25) is 0 Å². The maximum Gasteiger partial charge on any atom is 0.0622 e. The number of nitriles is 1. The summed E-state index contributed by atoms with van der Waals surface area (Å²) in [6.45, 7) is 6.89. The fraction of sp³-hybridized carbons (Fsp3) is 0.900. The van der Waals surface area contributed by atoms with Gasteiger partial charge in [-0.3, -0.25) is 4.90 Å². The Hall–Kier alpha value is -0.200. The average molecular weight is 198 g/mol. The smallest absolute Gasteiger partial charge is 0.0622 e. The Morgan fingerprint density at radius 3 is 3.00 bits per heavy atom. The zero-order valence-corrected chi connectivity index (χ0v) is 9.31. The minimum Gasteiger partial charge on any atom is -0.299 e. The molecule has 1 fully saturated rings. The standard InChI is InChI=1S/C10H18N2S/c1-9-10(2)13-8-7-12(9)6-4-3-5-11/h9-10H,3-4,6-8H2,1-2H3. The van der Waals surface area contributed by atoms with Crippen LogP contribution in [0.15, 0.2) is 0 Å². The summed E-state index contributed by atoms with van der Waals surface area (Å²) in [5.41, 5.74) is 0. The van der Waals surface area contributed by atoms with E-state index in [4.69, 9.17) is 5.26 Å². The zero-order chi connectivity index (χ0) is 9.68. The topological polar surface area (TPSA) is 27.0 Å². The van der Waals surface area contributed by atoms with Gasteiger partial charge < -0.3 is 0 Å². The predicted molar refractivity (Wildman–Crippen MR) is 57.8 cm³/mol. The van der Waals surface area contributed by atoms with Gasteiger partial charge in [0.2, 0.25) is 0 Å². The van der Waals surface area contributed by atoms with E-state index in [0.717, 1.165) is 18.2 Å². The lowest BCUT2D eigenvalue weighted by molar-refractivity contribution is 0.211. The van der Waals surface area contributed by atoms with Crippen LogP contribution in [0.4, 0.5) is 0 Å². The van der Waals surface area contributed by atoms with Crippen molar-refractivity contribution in [1.29, 1.82) is 5.26 Å². The minimum absolute atomic E-state index is 0.678. The van der Waals surface area contributed by atoms with Crippen LogP contribution in [0.3, 0.4) is 0 Å². The molecule has 1 heterocycles. The van der Waals surface area contributed by atoms with Crippen molar-refractivity contribution in [2.24, 2.45) is 0 Å². The molecule has 0 spiro atoms. The van der Waals surface area contributed by atoms with Gasteiger partial charge in [0, 0.05) is 30.0 Å². The second kappa shape index (κ2) is 5.51. The highest BCUT2D eigenvalue weighted by atomic mass is 32.2. The number of thioether (sulfide) groups is 1. The Balaban J connectivity index is 2.27. The maximum atomic E-state index is 8.44. The van der Waals surface area contributed by atoms with Crippen molar-refractivity contribution in [3.63, 3.8) is 0 Å². The van der Waals surface area contributed by atoms with E-state index in [0.29, 0.717) is 12.5 Å². The molecule has 0 aromatic heterocycles. The first-order valence-corrected chi connectivity index (χ1v) is 6.03. The van der Waals surface area contributed by atoms with Crippen LogP contribution in [-0.4, -0.2) is 35.0 Å². The summed E-state index contributed by atoms with van der Waals surface area (Å²) in [5.74, 6) is 1.25. The molecule has 2 atom stereocenters. The van der Waals surface area contributed by atoms with Crippen molar-refractivity contribution in [2.75, 3.05) is 18.8 Å². The van der Waals surface area contributed by atoms with E-state index in [1.807, 2.05) is 0 Å². The van der Waals surface area contributed by atoms with Crippen molar-refractivity contribution in [3.05, 3.63) is 0 Å². The van der Waals surface area contributed by atoms with Crippen LogP contribution in [0.5, 0.6) is 0 Å². The average Bonchev–Trinajstić information content (AvgIpc) is 2.13. The number of hydrogen-bond acceptors (Lipinski definition) is 3. The Morgan fingerprint density at radius 1 is 1.54 bits per heavy atom. The summed E-state index contributed by atoms with van der Waals surface area (Å²) >= 11 is 2.06. The summed E-state index contributed by atoms with van der Waals surface area (Å²) in [5, 5.41) is 9.19. The summed E-state index contributed by atoms with van der Waals surface area (Å²) < 4.78 is 0. The molecule has 74 valence electrons. The highest BCUT2D eigenvalue weighted by Gasteiger charge is 2.24. The molecule has 0 amide bonds. The van der Waals surface area contributed by atoms with Crippen LogP contribution in [0, 0.1) is 11.3 Å². The van der Waals surface area contributed by atoms with Crippen molar-refractivity contribution >= 4 is 11.8 Å². The Morgan fingerprint density at radius 2 is 2.31 bits per heavy atom. The Kier molecular flexibility index (Phi) is 4.61. The first-order chi connectivity index (χ1) is 6.25. The van der Waals surface area contributed by atoms with E-state index in [1.54, 1.807) is 0 Å². The van der Waals surface area contributed by atoms with Crippen LogP contribution in [0.25, 0.3) is 0 Å². The normalized spacial score (nSPS) is 29.9. The number of unbranched alkanes of at least 4 members (excludes halogenated alkanes) is 1. The highest BCUT2D eigenvalue weighted by Crippen LogP contribution is 2.24. The quantitative estimate of drug-likeness (QED) is 0.650. The molecule has 0 N–H and O–H groups in total. The molecule has 0 bridgehead atoms. The minimum atomic E-state index is 0.678. The van der Waals surface area contributed by atoms with Gasteiger partial charge in [-0.2, -0.15) is 17.0 Å². The summed E-state index contributed by atoms with van der Waals surface area (Å²) in [6.07, 6.45) is 1.73. The fourth-order valence-corrected chi connectivity index (χ4v) is 2.83. The van der Waals surface area contributed by atoms with Gasteiger partial charge in [0.1, 0.15) is 0 Å². The first kappa shape index (κ1) is 10.9. The molecule has 0 radical (unpaired) electrons. The molecule has 0 aliphatic carbocycles. The van der Waals surface area contributed by atoms with E-state index in [9.17, 15) is 0 Å². The third-order valence-corrected chi connectivity index (χ3v) is 4.09. The van der Waals surface area contributed by atoms with E-state index in [1.165, 1.54) is 12.3 Å². The van der Waals surface area contributed by atoms with Crippen LogP contribution >= 0.6 is 11.8 Å². The molecule has 2 unspecified atom stereocenters. The molecule has 0 aromatic carbocycles. The third-order valence-electron chi connectivity index (χ3n) is 2.75. The molecular formula is C10H18N2S. The number of hydrogen-bond donors (Lipinski definition) is 0. The molecule has 1 aliphatic heterocycles. The highest BCUT2D eigenvalue weighted by molar-refractivity contribution is 8.00. The molecule has 3 heteroatoms. The monoisotopic (exact) mass is 198 g/mol. The molecule has 1 rings (SSSR count). The van der Waals surface area contributed by atoms with Crippen molar-refractivity contribution < 1.29 is 0 Å². The Labute approximate surface area is 85.3 Å². The molecule has 0 aromatic rings. The zero-order valence-electron chi connectivity index (χ0n) is 8.49. The SMILES string of the molecule is CC1SCCN(CCCC#N)C1C. The van der Waals surface area contributed by atoms with E-state index >= 15 is 0 Å². The third kappa shape index (κ3) is 3.21. The summed E-state index contributed by atoms with van der Waals surface area (Å²) in [6, 6.07) is 2.88. The summed E-state index contributed by atoms with van der Waals surface area (Å²) in [7, 11) is 0. The van der Waals surface area contributed by atoms with Crippen molar-refractivity contribution in [2.45, 2.75) is 38.0 Å². The van der Waals surface area contributed by atoms with E-state index in [2.05, 4.69) is 36.6 Å². The van der Waals surface area contributed by atoms with Gasteiger partial charge in [-0.1, -0.05) is 6.92 Å². The maximum absolute atomic E-state index is 8.44. The number of nitrogens with zero attached hydrogens (tertiary/aromatic N) is 2. The molecule has 1 saturated heterocycles. The van der Waals surface area contributed by atoms with Gasteiger partial charge in [0.15, 0.2) is 0 Å². The Bertz CT molecular complexity index is 188.